The predicted molar refractivity (Wildman–Crippen MR) is 83.2 cm³/mol. The minimum Gasteiger partial charge on any atom is -0.149 e. The molecule has 0 aliphatic carbocycles. The summed E-state index contributed by atoms with van der Waals surface area (Å²) in [6, 6.07) is 13.0. The van der Waals surface area contributed by atoms with Crippen molar-refractivity contribution in [3.05, 3.63) is 56.7 Å². The molecule has 0 spiro atoms. The van der Waals surface area contributed by atoms with Crippen LogP contribution in [0.2, 0.25) is 0 Å². The average Bonchev–Trinajstić information content (AvgIpc) is 2.84. The van der Waals surface area contributed by atoms with E-state index in [1.54, 1.807) is 0 Å². The van der Waals surface area contributed by atoms with Gasteiger partial charge in [0.2, 0.25) is 0 Å². The highest BCUT2D eigenvalue weighted by Crippen LogP contribution is 2.21. The van der Waals surface area contributed by atoms with Crippen LogP contribution in [0.4, 0.5) is 0 Å². The zero-order chi connectivity index (χ0) is 12.1. The lowest BCUT2D eigenvalue weighted by molar-refractivity contribution is 0.596. The van der Waals surface area contributed by atoms with Crippen LogP contribution in [0.15, 0.2) is 46.3 Å². The second-order valence-corrected chi connectivity index (χ2v) is 6.73. The van der Waals surface area contributed by atoms with Gasteiger partial charge in [-0.25, -0.2) is 0 Å². The van der Waals surface area contributed by atoms with Crippen LogP contribution in [0.5, 0.6) is 0 Å². The van der Waals surface area contributed by atoms with Gasteiger partial charge in [-0.2, -0.15) is 0 Å². The highest BCUT2D eigenvalue weighted by Gasteiger charge is 2.10. The maximum absolute atomic E-state index is 3.63. The molecule has 0 bridgehead atoms. The molecule has 0 aliphatic heterocycles. The Morgan fingerprint density at radius 1 is 1.06 bits per heavy atom. The third-order valence-electron chi connectivity index (χ3n) is 2.73. The number of alkyl halides is 1. The van der Waals surface area contributed by atoms with Crippen LogP contribution >= 0.6 is 43.2 Å². The second kappa shape index (κ2) is 6.72. The van der Waals surface area contributed by atoms with Crippen molar-refractivity contribution >= 4 is 43.2 Å². The molecule has 0 saturated heterocycles. The lowest BCUT2D eigenvalue weighted by atomic mass is 9.97. The Morgan fingerprint density at radius 2 is 1.82 bits per heavy atom. The maximum atomic E-state index is 3.63. The summed E-state index contributed by atoms with van der Waals surface area (Å²) >= 11 is 8.95. The SMILES string of the molecule is BrCC(Cc1ccc(Br)cc1)Cc1cccs1. The minimum absolute atomic E-state index is 0.676. The summed E-state index contributed by atoms with van der Waals surface area (Å²) in [5.41, 5.74) is 1.41. The molecule has 0 fully saturated rings. The Balaban J connectivity index is 1.97. The maximum Gasteiger partial charge on any atom is 0.0175 e. The standard InChI is InChI=1S/C14H14Br2S/c15-10-12(9-14-2-1-7-17-14)8-11-3-5-13(16)6-4-11/h1-7,12H,8-10H2. The van der Waals surface area contributed by atoms with Gasteiger partial charge in [-0.3, -0.25) is 0 Å². The lowest BCUT2D eigenvalue weighted by Gasteiger charge is -2.13. The molecule has 0 N–H and O–H groups in total. The fourth-order valence-corrected chi connectivity index (χ4v) is 3.39. The Hall–Kier alpha value is -0.120. The van der Waals surface area contributed by atoms with E-state index in [9.17, 15) is 0 Å². The Bertz CT molecular complexity index is 434. The zero-order valence-corrected chi connectivity index (χ0v) is 13.4. The molecular weight excluding hydrogens is 360 g/mol. The third-order valence-corrected chi connectivity index (χ3v) is 5.07. The van der Waals surface area contributed by atoms with Crippen molar-refractivity contribution in [3.8, 4) is 0 Å². The molecule has 0 radical (unpaired) electrons. The molecule has 1 atom stereocenters. The summed E-state index contributed by atoms with van der Waals surface area (Å²) in [7, 11) is 0. The molecule has 17 heavy (non-hydrogen) atoms. The number of hydrogen-bond acceptors (Lipinski definition) is 1. The molecule has 2 aromatic rings. The predicted octanol–water partition coefficient (Wildman–Crippen LogP) is 5.31. The van der Waals surface area contributed by atoms with E-state index >= 15 is 0 Å². The summed E-state index contributed by atoms with van der Waals surface area (Å²) in [5.74, 6) is 0.676. The van der Waals surface area contributed by atoms with Gasteiger partial charge in [-0.05, 0) is 47.9 Å². The van der Waals surface area contributed by atoms with Crippen molar-refractivity contribution in [2.75, 3.05) is 5.33 Å². The first-order valence-corrected chi connectivity index (χ1v) is 8.40. The van der Waals surface area contributed by atoms with Crippen LogP contribution in [0, 0.1) is 5.92 Å². The highest BCUT2D eigenvalue weighted by molar-refractivity contribution is 9.10. The number of rotatable bonds is 5. The van der Waals surface area contributed by atoms with E-state index in [1.165, 1.54) is 16.9 Å². The number of thiophene rings is 1. The summed E-state index contributed by atoms with van der Waals surface area (Å²) < 4.78 is 1.15. The highest BCUT2D eigenvalue weighted by atomic mass is 79.9. The molecule has 3 heteroatoms. The van der Waals surface area contributed by atoms with Crippen LogP contribution in [0.1, 0.15) is 10.4 Å². The van der Waals surface area contributed by atoms with E-state index in [0.717, 1.165) is 16.2 Å². The monoisotopic (exact) mass is 372 g/mol. The quantitative estimate of drug-likeness (QED) is 0.623. The van der Waals surface area contributed by atoms with E-state index < -0.39 is 0 Å². The summed E-state index contributed by atoms with van der Waals surface area (Å²) in [6.07, 6.45) is 2.30. The molecule has 0 nitrogen and oxygen atoms in total. The van der Waals surface area contributed by atoms with E-state index in [2.05, 4.69) is 73.6 Å². The molecule has 2 rings (SSSR count). The molecule has 90 valence electrons. The number of hydrogen-bond donors (Lipinski definition) is 0. The Labute approximate surface area is 123 Å². The van der Waals surface area contributed by atoms with Crippen LogP contribution in [0.25, 0.3) is 0 Å². The normalized spacial score (nSPS) is 12.6. The first-order valence-electron chi connectivity index (χ1n) is 5.60. The van der Waals surface area contributed by atoms with Crippen LogP contribution in [0.3, 0.4) is 0 Å². The summed E-state index contributed by atoms with van der Waals surface area (Å²) in [5, 5.41) is 3.21. The second-order valence-electron chi connectivity index (χ2n) is 4.13. The first-order chi connectivity index (χ1) is 8.28. The molecule has 1 aromatic heterocycles. The fraction of sp³-hybridized carbons (Fsp3) is 0.286. The summed E-state index contributed by atoms with van der Waals surface area (Å²) in [4.78, 5) is 1.48. The van der Waals surface area contributed by atoms with Gasteiger partial charge in [0, 0.05) is 14.7 Å². The molecular formula is C14H14Br2S. The molecule has 1 unspecified atom stereocenters. The molecule has 0 aliphatic rings. The van der Waals surface area contributed by atoms with E-state index in [0.29, 0.717) is 5.92 Å². The molecule has 0 saturated carbocycles. The molecule has 1 heterocycles. The van der Waals surface area contributed by atoms with E-state index in [-0.39, 0.29) is 0 Å². The van der Waals surface area contributed by atoms with Crippen molar-refractivity contribution < 1.29 is 0 Å². The lowest BCUT2D eigenvalue weighted by Crippen LogP contribution is -2.09. The van der Waals surface area contributed by atoms with Gasteiger partial charge in [0.1, 0.15) is 0 Å². The van der Waals surface area contributed by atoms with E-state index in [1.807, 2.05) is 11.3 Å². The van der Waals surface area contributed by atoms with Crippen LogP contribution in [-0.2, 0) is 12.8 Å². The smallest absolute Gasteiger partial charge is 0.0175 e. The van der Waals surface area contributed by atoms with Crippen molar-refractivity contribution in [3.63, 3.8) is 0 Å². The van der Waals surface area contributed by atoms with Crippen LogP contribution in [-0.4, -0.2) is 5.33 Å². The average molecular weight is 374 g/mol. The largest absolute Gasteiger partial charge is 0.149 e. The van der Waals surface area contributed by atoms with Crippen molar-refractivity contribution in [1.29, 1.82) is 0 Å². The first kappa shape index (κ1) is 13.3. The van der Waals surface area contributed by atoms with Gasteiger partial charge >= 0.3 is 0 Å². The molecule has 1 aromatic carbocycles. The Morgan fingerprint density at radius 3 is 2.41 bits per heavy atom. The van der Waals surface area contributed by atoms with Gasteiger partial charge < -0.3 is 0 Å². The number of halogens is 2. The van der Waals surface area contributed by atoms with Crippen molar-refractivity contribution in [2.24, 2.45) is 5.92 Å². The third kappa shape index (κ3) is 4.23. The van der Waals surface area contributed by atoms with Crippen molar-refractivity contribution in [1.82, 2.24) is 0 Å². The zero-order valence-electron chi connectivity index (χ0n) is 9.40. The Kier molecular flexibility index (Phi) is 5.26. The number of benzene rings is 1. The van der Waals surface area contributed by atoms with Gasteiger partial charge in [0.15, 0.2) is 0 Å². The van der Waals surface area contributed by atoms with Gasteiger partial charge in [0.25, 0.3) is 0 Å². The van der Waals surface area contributed by atoms with E-state index in [4.69, 9.17) is 0 Å². The van der Waals surface area contributed by atoms with Gasteiger partial charge in [-0.15, -0.1) is 11.3 Å². The topological polar surface area (TPSA) is 0 Å². The minimum atomic E-state index is 0.676. The van der Waals surface area contributed by atoms with Crippen molar-refractivity contribution in [2.45, 2.75) is 12.8 Å². The summed E-state index contributed by atoms with van der Waals surface area (Å²) in [6.45, 7) is 0. The fourth-order valence-electron chi connectivity index (χ4n) is 1.85. The van der Waals surface area contributed by atoms with Gasteiger partial charge in [0.05, 0.1) is 0 Å². The van der Waals surface area contributed by atoms with Crippen LogP contribution < -0.4 is 0 Å². The van der Waals surface area contributed by atoms with Gasteiger partial charge in [-0.1, -0.05) is 50.1 Å². The molecule has 0 amide bonds.